The summed E-state index contributed by atoms with van der Waals surface area (Å²) < 4.78 is 45.1. The molecule has 0 spiro atoms. The number of amides is 1. The van der Waals surface area contributed by atoms with E-state index < -0.39 is 11.7 Å². The number of ether oxygens (including phenoxy) is 1. The molecule has 2 aromatic rings. The molecule has 29 heavy (non-hydrogen) atoms. The molecule has 0 radical (unpaired) electrons. The van der Waals surface area contributed by atoms with E-state index >= 15 is 0 Å². The standard InChI is InChI=1S/C22H25F3N2O2/c1-29-19-9-5-8-18(20(19)22(23,24)25)14-26-21(28)17-10-12-27(13-11-17)15-16-6-3-2-4-7-16/h2-9,17H,10-15H2,1H3,(H,26,28). The predicted octanol–water partition coefficient (Wildman–Crippen LogP) is 4.24. The molecule has 7 heteroatoms. The lowest BCUT2D eigenvalue weighted by atomic mass is 9.95. The Kier molecular flexibility index (Phi) is 6.79. The summed E-state index contributed by atoms with van der Waals surface area (Å²) >= 11 is 0. The molecule has 0 saturated carbocycles. The van der Waals surface area contributed by atoms with Gasteiger partial charge in [-0.2, -0.15) is 13.2 Å². The number of halogens is 3. The molecule has 156 valence electrons. The number of methoxy groups -OCH3 is 1. The molecule has 1 N–H and O–H groups in total. The lowest BCUT2D eigenvalue weighted by Crippen LogP contribution is -2.40. The average molecular weight is 406 g/mol. The van der Waals surface area contributed by atoms with Crippen LogP contribution >= 0.6 is 0 Å². The summed E-state index contributed by atoms with van der Waals surface area (Å²) in [5, 5.41) is 2.68. The highest BCUT2D eigenvalue weighted by Crippen LogP contribution is 2.38. The van der Waals surface area contributed by atoms with Crippen LogP contribution in [0.1, 0.15) is 29.5 Å². The van der Waals surface area contributed by atoms with Crippen LogP contribution in [0.2, 0.25) is 0 Å². The Hall–Kier alpha value is -2.54. The summed E-state index contributed by atoms with van der Waals surface area (Å²) in [6, 6.07) is 14.3. The van der Waals surface area contributed by atoms with Crippen molar-refractivity contribution in [2.24, 2.45) is 5.92 Å². The molecular weight excluding hydrogens is 381 g/mol. The third-order valence-electron chi connectivity index (χ3n) is 5.28. The zero-order chi connectivity index (χ0) is 20.9. The molecular formula is C22H25F3N2O2. The highest BCUT2D eigenvalue weighted by atomic mass is 19.4. The minimum atomic E-state index is -4.55. The monoisotopic (exact) mass is 406 g/mol. The van der Waals surface area contributed by atoms with E-state index in [0.29, 0.717) is 12.8 Å². The molecule has 0 unspecified atom stereocenters. The highest BCUT2D eigenvalue weighted by molar-refractivity contribution is 5.78. The topological polar surface area (TPSA) is 41.6 Å². The number of hydrogen-bond donors (Lipinski definition) is 1. The van der Waals surface area contributed by atoms with Gasteiger partial charge < -0.3 is 10.1 Å². The van der Waals surface area contributed by atoms with E-state index in [1.807, 2.05) is 18.2 Å². The largest absolute Gasteiger partial charge is 0.496 e. The molecule has 0 aliphatic carbocycles. The highest BCUT2D eigenvalue weighted by Gasteiger charge is 2.37. The first-order valence-corrected chi connectivity index (χ1v) is 9.65. The Bertz CT molecular complexity index is 817. The summed E-state index contributed by atoms with van der Waals surface area (Å²) in [6.07, 6.45) is -3.15. The fraction of sp³-hybridized carbons (Fsp3) is 0.409. The van der Waals surface area contributed by atoms with E-state index in [9.17, 15) is 18.0 Å². The number of piperidine rings is 1. The van der Waals surface area contributed by atoms with Crippen LogP contribution in [0.5, 0.6) is 5.75 Å². The molecule has 0 aromatic heterocycles. The Balaban J connectivity index is 1.55. The second-order valence-electron chi connectivity index (χ2n) is 7.25. The molecule has 2 aromatic carbocycles. The minimum Gasteiger partial charge on any atom is -0.496 e. The Morgan fingerprint density at radius 3 is 2.41 bits per heavy atom. The van der Waals surface area contributed by atoms with Crippen molar-refractivity contribution in [3.05, 3.63) is 65.2 Å². The van der Waals surface area contributed by atoms with Crippen LogP contribution in [0, 0.1) is 5.92 Å². The van der Waals surface area contributed by atoms with Gasteiger partial charge in [0.25, 0.3) is 0 Å². The lowest BCUT2D eigenvalue weighted by Gasteiger charge is -2.31. The van der Waals surface area contributed by atoms with Crippen LogP contribution in [0.15, 0.2) is 48.5 Å². The van der Waals surface area contributed by atoms with Crippen LogP contribution < -0.4 is 10.1 Å². The SMILES string of the molecule is COc1cccc(CNC(=O)C2CCN(Cc3ccccc3)CC2)c1C(F)(F)F. The molecule has 0 atom stereocenters. The van der Waals surface area contributed by atoms with E-state index in [1.54, 1.807) is 0 Å². The first kappa shape index (κ1) is 21.2. The quantitative estimate of drug-likeness (QED) is 0.780. The van der Waals surface area contributed by atoms with Crippen molar-refractivity contribution in [2.45, 2.75) is 32.1 Å². The first-order valence-electron chi connectivity index (χ1n) is 9.65. The molecule has 1 fully saturated rings. The van der Waals surface area contributed by atoms with Gasteiger partial charge in [0.05, 0.1) is 7.11 Å². The molecule has 3 rings (SSSR count). The van der Waals surface area contributed by atoms with Gasteiger partial charge in [-0.15, -0.1) is 0 Å². The third-order valence-corrected chi connectivity index (χ3v) is 5.28. The van der Waals surface area contributed by atoms with Crippen molar-refractivity contribution in [1.29, 1.82) is 0 Å². The number of rotatable bonds is 6. The van der Waals surface area contributed by atoms with Crippen LogP contribution in [0.3, 0.4) is 0 Å². The molecule has 1 aliphatic rings. The van der Waals surface area contributed by atoms with Gasteiger partial charge in [-0.25, -0.2) is 0 Å². The molecule has 1 heterocycles. The van der Waals surface area contributed by atoms with Crippen LogP contribution in [0.4, 0.5) is 13.2 Å². The van der Waals surface area contributed by atoms with Gasteiger partial charge >= 0.3 is 6.18 Å². The van der Waals surface area contributed by atoms with Gasteiger partial charge in [0.2, 0.25) is 5.91 Å². The zero-order valence-electron chi connectivity index (χ0n) is 16.3. The summed E-state index contributed by atoms with van der Waals surface area (Å²) in [5.74, 6) is -0.610. The van der Waals surface area contributed by atoms with Gasteiger partial charge in [0.15, 0.2) is 0 Å². The predicted molar refractivity (Wildman–Crippen MR) is 104 cm³/mol. The number of hydrogen-bond acceptors (Lipinski definition) is 3. The number of carbonyl (C=O) groups is 1. The van der Waals surface area contributed by atoms with Crippen molar-refractivity contribution in [3.8, 4) is 5.75 Å². The average Bonchev–Trinajstić information content (AvgIpc) is 2.72. The van der Waals surface area contributed by atoms with Crippen molar-refractivity contribution in [2.75, 3.05) is 20.2 Å². The zero-order valence-corrected chi connectivity index (χ0v) is 16.3. The Morgan fingerprint density at radius 1 is 1.10 bits per heavy atom. The number of nitrogens with zero attached hydrogens (tertiary/aromatic N) is 1. The van der Waals surface area contributed by atoms with Crippen LogP contribution in [-0.2, 0) is 24.1 Å². The second-order valence-corrected chi connectivity index (χ2v) is 7.25. The maximum absolute atomic E-state index is 13.4. The van der Waals surface area contributed by atoms with Gasteiger partial charge in [-0.1, -0.05) is 42.5 Å². The number of alkyl halides is 3. The molecule has 1 amide bonds. The van der Waals surface area contributed by atoms with E-state index in [-0.39, 0.29) is 29.7 Å². The number of benzene rings is 2. The summed E-state index contributed by atoms with van der Waals surface area (Å²) in [6.45, 7) is 2.25. The van der Waals surface area contributed by atoms with Crippen molar-refractivity contribution >= 4 is 5.91 Å². The number of nitrogens with one attached hydrogen (secondary N) is 1. The van der Waals surface area contributed by atoms with Gasteiger partial charge in [0, 0.05) is 19.0 Å². The van der Waals surface area contributed by atoms with E-state index in [1.165, 1.54) is 30.9 Å². The summed E-state index contributed by atoms with van der Waals surface area (Å²) in [4.78, 5) is 14.8. The van der Waals surface area contributed by atoms with Crippen molar-refractivity contribution in [3.63, 3.8) is 0 Å². The smallest absolute Gasteiger partial charge is 0.420 e. The third kappa shape index (κ3) is 5.50. The van der Waals surface area contributed by atoms with Gasteiger partial charge in [-0.3, -0.25) is 9.69 Å². The summed E-state index contributed by atoms with van der Waals surface area (Å²) in [7, 11) is 1.20. The second kappa shape index (κ2) is 9.31. The van der Waals surface area contributed by atoms with Crippen molar-refractivity contribution in [1.82, 2.24) is 10.2 Å². The van der Waals surface area contributed by atoms with E-state index in [2.05, 4.69) is 22.3 Å². The van der Waals surface area contributed by atoms with Crippen molar-refractivity contribution < 1.29 is 22.7 Å². The molecule has 1 saturated heterocycles. The maximum atomic E-state index is 13.4. The number of carbonyl (C=O) groups excluding carboxylic acids is 1. The maximum Gasteiger partial charge on any atom is 0.420 e. The lowest BCUT2D eigenvalue weighted by molar-refractivity contribution is -0.139. The molecule has 4 nitrogen and oxygen atoms in total. The van der Waals surface area contributed by atoms with Gasteiger partial charge in [0.1, 0.15) is 11.3 Å². The Labute approximate surface area is 168 Å². The Morgan fingerprint density at radius 2 is 1.79 bits per heavy atom. The number of likely N-dealkylation sites (tertiary alicyclic amines) is 1. The normalized spacial score (nSPS) is 15.9. The van der Waals surface area contributed by atoms with Crippen LogP contribution in [-0.4, -0.2) is 31.0 Å². The van der Waals surface area contributed by atoms with E-state index in [4.69, 9.17) is 4.74 Å². The van der Waals surface area contributed by atoms with Gasteiger partial charge in [-0.05, 0) is 43.1 Å². The fourth-order valence-electron chi connectivity index (χ4n) is 3.74. The minimum absolute atomic E-state index is 0.00622. The van der Waals surface area contributed by atoms with Crippen LogP contribution in [0.25, 0.3) is 0 Å². The van der Waals surface area contributed by atoms with E-state index in [0.717, 1.165) is 19.6 Å². The first-order chi connectivity index (χ1) is 13.9. The molecule has 0 bridgehead atoms. The fourth-order valence-corrected chi connectivity index (χ4v) is 3.74. The summed E-state index contributed by atoms with van der Waals surface area (Å²) in [5.41, 5.74) is 0.403. The molecule has 1 aliphatic heterocycles.